The van der Waals surface area contributed by atoms with Gasteiger partial charge in [-0.3, -0.25) is 0 Å². The summed E-state index contributed by atoms with van der Waals surface area (Å²) in [4.78, 5) is 2.23. The van der Waals surface area contributed by atoms with Crippen molar-refractivity contribution in [2.75, 3.05) is 18.1 Å². The molecule has 7 nitrogen and oxygen atoms in total. The van der Waals surface area contributed by atoms with Crippen LogP contribution >= 0.6 is 0 Å². The summed E-state index contributed by atoms with van der Waals surface area (Å²) in [5.41, 5.74) is 10.0. The van der Waals surface area contributed by atoms with Crippen molar-refractivity contribution in [3.8, 4) is 11.4 Å². The molecule has 2 N–H and O–H groups in total. The number of nitrogens with zero attached hydrogens (tertiary/aromatic N) is 5. The number of anilines is 1. The Labute approximate surface area is 146 Å². The number of benzene rings is 2. The van der Waals surface area contributed by atoms with Crippen molar-refractivity contribution in [2.24, 2.45) is 5.73 Å². The molecule has 0 radical (unpaired) electrons. The van der Waals surface area contributed by atoms with Gasteiger partial charge in [0.1, 0.15) is 12.4 Å². The number of ether oxygens (including phenoxy) is 1. The quantitative estimate of drug-likeness (QED) is 0.783. The molecule has 0 bridgehead atoms. The third-order valence-corrected chi connectivity index (χ3v) is 4.36. The van der Waals surface area contributed by atoms with E-state index in [1.165, 1.54) is 5.56 Å². The molecule has 1 aliphatic heterocycles. The highest BCUT2D eigenvalue weighted by atomic mass is 16.5. The maximum Gasteiger partial charge on any atom is 0.175 e. The molecule has 0 aliphatic carbocycles. The molecule has 0 amide bonds. The van der Waals surface area contributed by atoms with E-state index < -0.39 is 0 Å². The Morgan fingerprint density at radius 2 is 2.00 bits per heavy atom. The lowest BCUT2D eigenvalue weighted by molar-refractivity contribution is 0.306. The Morgan fingerprint density at radius 3 is 2.80 bits per heavy atom. The fourth-order valence-corrected chi connectivity index (χ4v) is 2.97. The molecule has 2 aromatic carbocycles. The second-order valence-electron chi connectivity index (χ2n) is 6.12. The van der Waals surface area contributed by atoms with Crippen molar-refractivity contribution in [3.63, 3.8) is 0 Å². The van der Waals surface area contributed by atoms with E-state index in [9.17, 15) is 0 Å². The van der Waals surface area contributed by atoms with Crippen molar-refractivity contribution in [3.05, 3.63) is 59.4 Å². The number of nitrogens with two attached hydrogens (primary N) is 1. The number of aryl methyl sites for hydroxylation is 1. The van der Waals surface area contributed by atoms with Gasteiger partial charge in [0.25, 0.3) is 0 Å². The molecule has 0 spiro atoms. The Bertz CT molecular complexity index is 874. The summed E-state index contributed by atoms with van der Waals surface area (Å²) in [5.74, 6) is 1.66. The lowest BCUT2D eigenvalue weighted by Gasteiger charge is -2.31. The molecular weight excluding hydrogens is 316 g/mol. The third-order valence-electron chi connectivity index (χ3n) is 4.36. The van der Waals surface area contributed by atoms with Crippen LogP contribution < -0.4 is 15.4 Å². The van der Waals surface area contributed by atoms with Gasteiger partial charge in [0.05, 0.1) is 24.5 Å². The van der Waals surface area contributed by atoms with Gasteiger partial charge in [-0.2, -0.15) is 4.68 Å². The van der Waals surface area contributed by atoms with E-state index in [4.69, 9.17) is 10.5 Å². The normalized spacial score (nSPS) is 13.4. The zero-order valence-corrected chi connectivity index (χ0v) is 14.1. The summed E-state index contributed by atoms with van der Waals surface area (Å²) in [7, 11) is 0. The molecule has 0 saturated carbocycles. The lowest BCUT2D eigenvalue weighted by Crippen LogP contribution is -2.33. The smallest absolute Gasteiger partial charge is 0.175 e. The number of hydrogen-bond donors (Lipinski definition) is 1. The van der Waals surface area contributed by atoms with E-state index in [-0.39, 0.29) is 0 Å². The van der Waals surface area contributed by atoms with Gasteiger partial charge in [-0.05, 0) is 47.2 Å². The van der Waals surface area contributed by atoms with Crippen molar-refractivity contribution < 1.29 is 4.74 Å². The Kier molecular flexibility index (Phi) is 4.07. The molecule has 0 fully saturated rings. The maximum atomic E-state index is 5.78. The van der Waals surface area contributed by atoms with E-state index in [0.717, 1.165) is 35.1 Å². The minimum Gasteiger partial charge on any atom is -0.490 e. The summed E-state index contributed by atoms with van der Waals surface area (Å²) >= 11 is 0. The number of rotatable bonds is 4. The maximum absolute atomic E-state index is 5.78. The van der Waals surface area contributed by atoms with E-state index >= 15 is 0 Å². The highest BCUT2D eigenvalue weighted by Crippen LogP contribution is 2.33. The van der Waals surface area contributed by atoms with E-state index in [1.807, 2.05) is 24.3 Å². The molecule has 0 saturated heterocycles. The van der Waals surface area contributed by atoms with Crippen LogP contribution in [0.2, 0.25) is 0 Å². The molecule has 3 aromatic rings. The first kappa shape index (κ1) is 15.6. The predicted octanol–water partition coefficient (Wildman–Crippen LogP) is 1.83. The fourth-order valence-electron chi connectivity index (χ4n) is 2.97. The van der Waals surface area contributed by atoms with Crippen molar-refractivity contribution in [2.45, 2.75) is 20.0 Å². The topological polar surface area (TPSA) is 82.1 Å². The zero-order valence-electron chi connectivity index (χ0n) is 14.1. The standard InChI is InChI=1S/C18H20N6O/c1-13-2-5-15(6-3-13)24-18(20-21-22-24)12-23-8-9-25-17-7-4-14(11-19)10-16(17)23/h2-7,10H,8-9,11-12,19H2,1H3. The minimum atomic E-state index is 0.502. The average Bonchev–Trinajstić information content (AvgIpc) is 3.10. The van der Waals surface area contributed by atoms with Crippen LogP contribution in [-0.4, -0.2) is 33.4 Å². The zero-order chi connectivity index (χ0) is 17.2. The number of fused-ring (bicyclic) bond motifs is 1. The molecule has 1 aliphatic rings. The van der Waals surface area contributed by atoms with Gasteiger partial charge in [-0.15, -0.1) is 5.10 Å². The SMILES string of the molecule is Cc1ccc(-n2nnnc2CN2CCOc3ccc(CN)cc32)cc1. The van der Waals surface area contributed by atoms with Crippen molar-refractivity contribution in [1.82, 2.24) is 20.2 Å². The number of aromatic nitrogens is 4. The highest BCUT2D eigenvalue weighted by Gasteiger charge is 2.21. The summed E-state index contributed by atoms with van der Waals surface area (Å²) in [5, 5.41) is 12.2. The van der Waals surface area contributed by atoms with Crippen LogP contribution in [0.15, 0.2) is 42.5 Å². The van der Waals surface area contributed by atoms with Gasteiger partial charge in [0, 0.05) is 6.54 Å². The molecule has 4 rings (SSSR count). The van der Waals surface area contributed by atoms with E-state index in [1.54, 1.807) is 4.68 Å². The molecule has 128 valence electrons. The van der Waals surface area contributed by atoms with Crippen molar-refractivity contribution in [1.29, 1.82) is 0 Å². The summed E-state index contributed by atoms with van der Waals surface area (Å²) < 4.78 is 7.54. The monoisotopic (exact) mass is 336 g/mol. The largest absolute Gasteiger partial charge is 0.490 e. The Balaban J connectivity index is 1.64. The summed E-state index contributed by atoms with van der Waals surface area (Å²) in [6.45, 7) is 4.58. The van der Waals surface area contributed by atoms with Crippen LogP contribution in [0.4, 0.5) is 5.69 Å². The van der Waals surface area contributed by atoms with Gasteiger partial charge >= 0.3 is 0 Å². The molecular formula is C18H20N6O. The first-order valence-corrected chi connectivity index (χ1v) is 8.29. The van der Waals surface area contributed by atoms with Gasteiger partial charge < -0.3 is 15.4 Å². The summed E-state index contributed by atoms with van der Waals surface area (Å²) in [6.07, 6.45) is 0. The van der Waals surface area contributed by atoms with Crippen LogP contribution in [0.1, 0.15) is 17.0 Å². The van der Waals surface area contributed by atoms with Crippen LogP contribution in [0.5, 0.6) is 5.75 Å². The van der Waals surface area contributed by atoms with Gasteiger partial charge in [-0.25, -0.2) is 0 Å². The molecule has 25 heavy (non-hydrogen) atoms. The lowest BCUT2D eigenvalue weighted by atomic mass is 10.1. The third kappa shape index (κ3) is 3.06. The molecule has 2 heterocycles. The molecule has 0 atom stereocenters. The number of hydrogen-bond acceptors (Lipinski definition) is 6. The van der Waals surface area contributed by atoms with Gasteiger partial charge in [-0.1, -0.05) is 23.8 Å². The molecule has 7 heteroatoms. The van der Waals surface area contributed by atoms with Crippen LogP contribution in [-0.2, 0) is 13.1 Å². The predicted molar refractivity (Wildman–Crippen MR) is 94.8 cm³/mol. The van der Waals surface area contributed by atoms with E-state index in [2.05, 4.69) is 45.5 Å². The second kappa shape index (κ2) is 6.52. The van der Waals surface area contributed by atoms with E-state index in [0.29, 0.717) is 19.7 Å². The second-order valence-corrected chi connectivity index (χ2v) is 6.12. The van der Waals surface area contributed by atoms with Crippen molar-refractivity contribution >= 4 is 5.69 Å². The van der Waals surface area contributed by atoms with Crippen LogP contribution in [0.25, 0.3) is 5.69 Å². The fraction of sp³-hybridized carbons (Fsp3) is 0.278. The van der Waals surface area contributed by atoms with Crippen LogP contribution in [0.3, 0.4) is 0 Å². The molecule has 0 unspecified atom stereocenters. The van der Waals surface area contributed by atoms with Gasteiger partial charge in [0.15, 0.2) is 5.82 Å². The van der Waals surface area contributed by atoms with Crippen LogP contribution in [0, 0.1) is 6.92 Å². The Morgan fingerprint density at radius 1 is 1.16 bits per heavy atom. The first-order valence-electron chi connectivity index (χ1n) is 8.29. The first-order chi connectivity index (χ1) is 12.2. The summed E-state index contributed by atoms with van der Waals surface area (Å²) in [6, 6.07) is 14.2. The minimum absolute atomic E-state index is 0.502. The Hall–Kier alpha value is -2.93. The molecule has 1 aromatic heterocycles. The van der Waals surface area contributed by atoms with Gasteiger partial charge in [0.2, 0.25) is 0 Å². The highest BCUT2D eigenvalue weighted by molar-refractivity contribution is 5.61. The number of tetrazole rings is 1. The average molecular weight is 336 g/mol.